The molecule has 0 bridgehead atoms. The van der Waals surface area contributed by atoms with E-state index >= 15 is 0 Å². The second-order valence-corrected chi connectivity index (χ2v) is 12.7. The molecule has 0 aliphatic rings. The van der Waals surface area contributed by atoms with Crippen LogP contribution < -0.4 is 20.6 Å². The fourth-order valence-electron chi connectivity index (χ4n) is 6.27. The lowest BCUT2D eigenvalue weighted by molar-refractivity contribution is 0.283. The predicted molar refractivity (Wildman–Crippen MR) is 193 cm³/mol. The van der Waals surface area contributed by atoms with E-state index in [9.17, 15) is 9.59 Å². The zero-order valence-corrected chi connectivity index (χ0v) is 28.2. The number of aromatic nitrogens is 4. The highest BCUT2D eigenvalue weighted by atomic mass is 79.9. The van der Waals surface area contributed by atoms with E-state index in [4.69, 9.17) is 9.47 Å². The van der Waals surface area contributed by atoms with E-state index in [1.807, 2.05) is 98.8 Å². The van der Waals surface area contributed by atoms with Gasteiger partial charge in [-0.2, -0.15) is 0 Å². The Morgan fingerprint density at radius 3 is 1.83 bits per heavy atom. The molecule has 7 aromatic rings. The summed E-state index contributed by atoms with van der Waals surface area (Å²) in [5, 5.41) is 14.0. The Hall–Kier alpha value is -5.54. The van der Waals surface area contributed by atoms with Gasteiger partial charge in [0.15, 0.2) is 11.5 Å². The zero-order valence-electron chi connectivity index (χ0n) is 26.6. The maximum absolute atomic E-state index is 13.8. The highest BCUT2D eigenvalue weighted by Gasteiger charge is 2.32. The molecule has 8 nitrogen and oxygen atoms in total. The lowest BCUT2D eigenvalue weighted by Gasteiger charge is -2.21. The van der Waals surface area contributed by atoms with Crippen LogP contribution in [-0.2, 0) is 6.61 Å². The number of ether oxygens (including phenoxy) is 2. The summed E-state index contributed by atoms with van der Waals surface area (Å²) >= 11 is 3.74. The van der Waals surface area contributed by atoms with Crippen molar-refractivity contribution in [2.75, 3.05) is 7.11 Å². The summed E-state index contributed by atoms with van der Waals surface area (Å²) in [5.74, 6) is 0.161. The number of aromatic amines is 4. The fourth-order valence-corrected chi connectivity index (χ4v) is 6.85. The number of benzene rings is 5. The van der Waals surface area contributed by atoms with Gasteiger partial charge in [-0.25, -0.2) is 0 Å². The van der Waals surface area contributed by atoms with E-state index in [-0.39, 0.29) is 11.1 Å². The highest BCUT2D eigenvalue weighted by molar-refractivity contribution is 9.10. The smallest absolute Gasteiger partial charge is 0.268 e. The van der Waals surface area contributed by atoms with Gasteiger partial charge >= 0.3 is 0 Å². The summed E-state index contributed by atoms with van der Waals surface area (Å²) in [5.41, 5.74) is 6.80. The Kier molecular flexibility index (Phi) is 8.37. The molecular formula is C39H33BrN4O4. The van der Waals surface area contributed by atoms with Gasteiger partial charge in [0.05, 0.1) is 34.1 Å². The fraction of sp³-hybridized carbons (Fsp3) is 0.128. The number of hydrogen-bond acceptors (Lipinski definition) is 4. The molecule has 0 aliphatic carbocycles. The summed E-state index contributed by atoms with van der Waals surface area (Å²) in [6.07, 6.45) is 0. The van der Waals surface area contributed by atoms with Crippen molar-refractivity contribution >= 4 is 26.7 Å². The molecule has 7 rings (SSSR count). The van der Waals surface area contributed by atoms with Crippen LogP contribution in [0.4, 0.5) is 0 Å². The molecule has 0 saturated heterocycles. The van der Waals surface area contributed by atoms with Crippen molar-refractivity contribution < 1.29 is 9.47 Å². The Morgan fingerprint density at radius 1 is 0.688 bits per heavy atom. The van der Waals surface area contributed by atoms with Crippen LogP contribution in [0.3, 0.4) is 0 Å². The maximum atomic E-state index is 13.8. The van der Waals surface area contributed by atoms with E-state index < -0.39 is 5.92 Å². The molecule has 4 N–H and O–H groups in total. The lowest BCUT2D eigenvalue weighted by Crippen LogP contribution is -2.20. The van der Waals surface area contributed by atoms with Gasteiger partial charge in [-0.3, -0.25) is 30.0 Å². The molecule has 2 aromatic heterocycles. The van der Waals surface area contributed by atoms with Crippen LogP contribution in [0.25, 0.3) is 33.3 Å². The first kappa shape index (κ1) is 31.1. The summed E-state index contributed by atoms with van der Waals surface area (Å²) in [6.45, 7) is 4.33. The third kappa shape index (κ3) is 5.77. The molecule has 240 valence electrons. The molecule has 0 radical (unpaired) electrons. The van der Waals surface area contributed by atoms with Crippen LogP contribution in [-0.4, -0.2) is 27.5 Å². The lowest BCUT2D eigenvalue weighted by atomic mass is 9.83. The molecule has 0 fully saturated rings. The molecule has 5 aromatic carbocycles. The number of methoxy groups -OCH3 is 1. The van der Waals surface area contributed by atoms with Crippen LogP contribution in [0.15, 0.2) is 117 Å². The van der Waals surface area contributed by atoms with E-state index in [1.54, 1.807) is 7.11 Å². The topological polar surface area (TPSA) is 116 Å². The number of nitrogens with one attached hydrogen (secondary N) is 4. The van der Waals surface area contributed by atoms with Crippen LogP contribution >= 0.6 is 15.9 Å². The minimum atomic E-state index is -0.806. The first-order chi connectivity index (χ1) is 23.3. The monoisotopic (exact) mass is 700 g/mol. The van der Waals surface area contributed by atoms with Gasteiger partial charge in [0.1, 0.15) is 6.61 Å². The van der Waals surface area contributed by atoms with Crippen molar-refractivity contribution in [3.05, 3.63) is 162 Å². The Balaban J connectivity index is 1.39. The molecule has 0 amide bonds. The van der Waals surface area contributed by atoms with Crippen LogP contribution in [0.2, 0.25) is 0 Å². The molecule has 2 heterocycles. The van der Waals surface area contributed by atoms with Gasteiger partial charge in [-0.1, -0.05) is 102 Å². The van der Waals surface area contributed by atoms with E-state index in [0.717, 1.165) is 38.6 Å². The van der Waals surface area contributed by atoms with Crippen molar-refractivity contribution in [2.24, 2.45) is 0 Å². The van der Waals surface area contributed by atoms with E-state index in [0.29, 0.717) is 50.7 Å². The number of fused-ring (bicyclic) bond motifs is 1. The van der Waals surface area contributed by atoms with Gasteiger partial charge < -0.3 is 9.47 Å². The minimum absolute atomic E-state index is 0.309. The number of rotatable bonds is 9. The van der Waals surface area contributed by atoms with Crippen LogP contribution in [0.1, 0.15) is 39.3 Å². The third-order valence-electron chi connectivity index (χ3n) is 8.72. The second kappa shape index (κ2) is 12.9. The largest absolute Gasteiger partial charge is 0.493 e. The molecule has 0 atom stereocenters. The Morgan fingerprint density at radius 2 is 1.25 bits per heavy atom. The third-order valence-corrected chi connectivity index (χ3v) is 9.31. The van der Waals surface area contributed by atoms with Crippen molar-refractivity contribution in [2.45, 2.75) is 26.4 Å². The van der Waals surface area contributed by atoms with Gasteiger partial charge in [0.2, 0.25) is 0 Å². The van der Waals surface area contributed by atoms with Crippen molar-refractivity contribution in [1.82, 2.24) is 20.4 Å². The van der Waals surface area contributed by atoms with Crippen molar-refractivity contribution in [3.63, 3.8) is 0 Å². The first-order valence-electron chi connectivity index (χ1n) is 15.5. The quantitative estimate of drug-likeness (QED) is 0.121. The maximum Gasteiger partial charge on any atom is 0.268 e. The number of hydrogen-bond donors (Lipinski definition) is 4. The van der Waals surface area contributed by atoms with Crippen LogP contribution in [0, 0.1) is 13.8 Å². The standard InChI is InChI=1S/C39H33BrN4O4/c1-22-11-15-25(16-12-22)35-33(38(45)43-41-35)32(34-36(42-44-39(34)46)26-17-13-23(2)14-18-26)28-19-30(40)37(31(20-28)47-3)48-21-27-9-6-8-24-7-4-5-10-29(24)27/h4-20,32H,21H2,1-3H3,(H2,41,43,45)(H2,42,44,46). The zero-order chi connectivity index (χ0) is 33.4. The number of aryl methyl sites for hydroxylation is 2. The normalized spacial score (nSPS) is 11.4. The van der Waals surface area contributed by atoms with Gasteiger partial charge in [-0.15, -0.1) is 0 Å². The van der Waals surface area contributed by atoms with Crippen molar-refractivity contribution in [3.8, 4) is 34.0 Å². The summed E-state index contributed by atoms with van der Waals surface area (Å²) in [7, 11) is 1.58. The molecule has 0 spiro atoms. The summed E-state index contributed by atoms with van der Waals surface area (Å²) in [4.78, 5) is 27.6. The molecular weight excluding hydrogens is 668 g/mol. The number of H-pyrrole nitrogens is 4. The molecule has 0 saturated carbocycles. The van der Waals surface area contributed by atoms with Gasteiger partial charge in [0.25, 0.3) is 11.1 Å². The SMILES string of the molecule is COc1cc(C(c2c(-c3ccc(C)cc3)[nH][nH]c2=O)c2c(-c3ccc(C)cc3)[nH][nH]c2=O)cc(Br)c1OCc1cccc2ccccc12. The average Bonchev–Trinajstić information content (AvgIpc) is 3.67. The van der Waals surface area contributed by atoms with Crippen molar-refractivity contribution in [1.29, 1.82) is 0 Å². The summed E-state index contributed by atoms with van der Waals surface area (Å²) in [6, 6.07) is 33.8. The predicted octanol–water partition coefficient (Wildman–Crippen LogP) is 8.35. The number of halogens is 1. The van der Waals surface area contributed by atoms with Gasteiger partial charge in [0, 0.05) is 5.92 Å². The Bertz CT molecular complexity index is 2260. The first-order valence-corrected chi connectivity index (χ1v) is 16.3. The van der Waals surface area contributed by atoms with Crippen LogP contribution in [0.5, 0.6) is 11.5 Å². The Labute approximate surface area is 284 Å². The highest BCUT2D eigenvalue weighted by Crippen LogP contribution is 2.44. The molecule has 9 heteroatoms. The second-order valence-electron chi connectivity index (χ2n) is 11.9. The summed E-state index contributed by atoms with van der Waals surface area (Å²) < 4.78 is 12.9. The molecule has 48 heavy (non-hydrogen) atoms. The average molecular weight is 702 g/mol. The molecule has 0 unspecified atom stereocenters. The van der Waals surface area contributed by atoms with E-state index in [2.05, 4.69) is 54.5 Å². The van der Waals surface area contributed by atoms with E-state index in [1.165, 1.54) is 0 Å². The minimum Gasteiger partial charge on any atom is -0.493 e. The molecule has 0 aliphatic heterocycles. The van der Waals surface area contributed by atoms with Gasteiger partial charge in [-0.05, 0) is 74.9 Å².